The first kappa shape index (κ1) is 32.2. The predicted molar refractivity (Wildman–Crippen MR) is 225 cm³/mol. The smallest absolute Gasteiger partial charge is 0.160 e. The summed E-state index contributed by atoms with van der Waals surface area (Å²) in [5.41, 5.74) is 15.0. The highest BCUT2D eigenvalue weighted by Gasteiger charge is 2.16. The highest BCUT2D eigenvalue weighted by Crippen LogP contribution is 2.37. The quantitative estimate of drug-likeness (QED) is 0.166. The number of pyridine rings is 2. The molecule has 5 heteroatoms. The van der Waals surface area contributed by atoms with E-state index in [1.165, 1.54) is 32.9 Å². The molecule has 4 aromatic heterocycles. The molecule has 0 fully saturated rings. The van der Waals surface area contributed by atoms with Crippen LogP contribution in [0, 0.1) is 0 Å². The van der Waals surface area contributed by atoms with E-state index in [1.54, 1.807) is 24.8 Å². The topological polar surface area (TPSA) is 56.5 Å². The lowest BCUT2D eigenvalue weighted by Crippen LogP contribution is -1.97. The van der Waals surface area contributed by atoms with Crippen LogP contribution >= 0.6 is 0 Å². The predicted octanol–water partition coefficient (Wildman–Crippen LogP) is 12.4. The number of nitrogens with zero attached hydrogens (tertiary/aromatic N) is 5. The molecular formula is C50H33N5. The minimum Gasteiger partial charge on any atom is -0.309 e. The van der Waals surface area contributed by atoms with Crippen LogP contribution in [0.5, 0.6) is 0 Å². The zero-order valence-electron chi connectivity index (χ0n) is 29.8. The molecule has 0 unspecified atom stereocenters. The fraction of sp³-hybridized carbons (Fsp3) is 0. The van der Waals surface area contributed by atoms with Gasteiger partial charge in [0.25, 0.3) is 0 Å². The van der Waals surface area contributed by atoms with Crippen LogP contribution in [0.2, 0.25) is 0 Å². The minimum atomic E-state index is 0.651. The SMILES string of the molecule is c1ccc(-c2ccc(-c3cc(-c4ccc(-c5cc(-c6ccncc6)nc(-c6ccncc6)n5)cc4)cc(-n4c5ccccc5c5ccccc54)c3)cc2)cc1. The summed E-state index contributed by atoms with van der Waals surface area (Å²) in [5.74, 6) is 0.651. The van der Waals surface area contributed by atoms with Crippen LogP contribution in [-0.2, 0) is 0 Å². The van der Waals surface area contributed by atoms with Gasteiger partial charge in [0, 0.05) is 57.9 Å². The van der Waals surface area contributed by atoms with Gasteiger partial charge in [0.05, 0.1) is 22.4 Å². The standard InChI is InChI=1S/C50H33N5/c1-2-8-34(9-3-1)35-14-16-36(17-15-35)41-30-42(32-43(31-41)55-48-12-6-4-10-44(48)45-11-5-7-13-49(45)55)37-18-20-38(21-19-37)46-33-47(39-22-26-51-27-23-39)54-50(53-46)40-24-28-52-29-25-40/h1-33H. The molecule has 0 aliphatic heterocycles. The molecule has 0 N–H and O–H groups in total. The van der Waals surface area contributed by atoms with Crippen molar-refractivity contribution >= 4 is 21.8 Å². The van der Waals surface area contributed by atoms with Crippen molar-refractivity contribution in [2.75, 3.05) is 0 Å². The van der Waals surface area contributed by atoms with Crippen LogP contribution in [0.15, 0.2) is 201 Å². The third-order valence-corrected chi connectivity index (χ3v) is 10.2. The molecule has 10 aromatic rings. The van der Waals surface area contributed by atoms with E-state index in [-0.39, 0.29) is 0 Å². The summed E-state index contributed by atoms with van der Waals surface area (Å²) >= 11 is 0. The van der Waals surface area contributed by atoms with Crippen molar-refractivity contribution in [2.45, 2.75) is 0 Å². The number of aromatic nitrogens is 5. The van der Waals surface area contributed by atoms with Crippen LogP contribution in [0.25, 0.3) is 94.8 Å². The van der Waals surface area contributed by atoms with Gasteiger partial charge < -0.3 is 4.57 Å². The van der Waals surface area contributed by atoms with Crippen molar-refractivity contribution < 1.29 is 0 Å². The zero-order valence-corrected chi connectivity index (χ0v) is 29.8. The third kappa shape index (κ3) is 6.14. The molecule has 0 aliphatic rings. The second-order valence-corrected chi connectivity index (χ2v) is 13.6. The van der Waals surface area contributed by atoms with Gasteiger partial charge in [-0.05, 0) is 94.0 Å². The van der Waals surface area contributed by atoms with Gasteiger partial charge >= 0.3 is 0 Å². The molecule has 0 saturated carbocycles. The lowest BCUT2D eigenvalue weighted by molar-refractivity contribution is 1.17. The van der Waals surface area contributed by atoms with E-state index in [1.807, 2.05) is 24.3 Å². The minimum absolute atomic E-state index is 0.651. The maximum atomic E-state index is 5.03. The Bertz CT molecular complexity index is 2830. The number of hydrogen-bond donors (Lipinski definition) is 0. The van der Waals surface area contributed by atoms with E-state index in [0.29, 0.717) is 5.82 Å². The largest absolute Gasteiger partial charge is 0.309 e. The molecule has 0 aliphatic carbocycles. The average Bonchev–Trinajstić information content (AvgIpc) is 3.61. The third-order valence-electron chi connectivity index (χ3n) is 10.2. The Labute approximate surface area is 318 Å². The summed E-state index contributed by atoms with van der Waals surface area (Å²) in [7, 11) is 0. The van der Waals surface area contributed by atoms with Crippen LogP contribution in [0.1, 0.15) is 0 Å². The first-order chi connectivity index (χ1) is 27.2. The van der Waals surface area contributed by atoms with E-state index >= 15 is 0 Å². The van der Waals surface area contributed by atoms with E-state index in [4.69, 9.17) is 9.97 Å². The molecular weight excluding hydrogens is 671 g/mol. The number of hydrogen-bond acceptors (Lipinski definition) is 4. The van der Waals surface area contributed by atoms with Crippen molar-refractivity contribution in [2.24, 2.45) is 0 Å². The van der Waals surface area contributed by atoms with Crippen LogP contribution in [0.4, 0.5) is 0 Å². The van der Waals surface area contributed by atoms with Crippen molar-refractivity contribution in [1.29, 1.82) is 0 Å². The summed E-state index contributed by atoms with van der Waals surface area (Å²) in [6.45, 7) is 0. The highest BCUT2D eigenvalue weighted by atomic mass is 15.0. The lowest BCUT2D eigenvalue weighted by Gasteiger charge is -2.15. The van der Waals surface area contributed by atoms with Gasteiger partial charge in [-0.2, -0.15) is 0 Å². The second-order valence-electron chi connectivity index (χ2n) is 13.6. The van der Waals surface area contributed by atoms with Crippen LogP contribution < -0.4 is 0 Å². The molecule has 0 atom stereocenters. The molecule has 0 spiro atoms. The maximum absolute atomic E-state index is 5.03. The normalized spacial score (nSPS) is 11.3. The van der Waals surface area contributed by atoms with Crippen LogP contribution in [0.3, 0.4) is 0 Å². The Morgan fingerprint density at radius 2 is 0.727 bits per heavy atom. The van der Waals surface area contributed by atoms with Crippen molar-refractivity contribution in [1.82, 2.24) is 24.5 Å². The Balaban J connectivity index is 1.10. The highest BCUT2D eigenvalue weighted by molar-refractivity contribution is 6.09. The number of benzene rings is 6. The molecule has 0 saturated heterocycles. The molecule has 5 nitrogen and oxygen atoms in total. The Hall–Kier alpha value is -7.50. The van der Waals surface area contributed by atoms with Crippen molar-refractivity contribution in [3.63, 3.8) is 0 Å². The number of fused-ring (bicyclic) bond motifs is 3. The summed E-state index contributed by atoms with van der Waals surface area (Å²) < 4.78 is 2.40. The molecule has 6 aromatic carbocycles. The van der Waals surface area contributed by atoms with Gasteiger partial charge in [-0.25, -0.2) is 9.97 Å². The van der Waals surface area contributed by atoms with Crippen molar-refractivity contribution in [3.05, 3.63) is 201 Å². The Morgan fingerprint density at radius 3 is 1.27 bits per heavy atom. The molecule has 258 valence electrons. The average molecular weight is 704 g/mol. The maximum Gasteiger partial charge on any atom is 0.160 e. The van der Waals surface area contributed by atoms with E-state index in [2.05, 4.69) is 166 Å². The summed E-state index contributed by atoms with van der Waals surface area (Å²) in [6.07, 6.45) is 7.12. The van der Waals surface area contributed by atoms with Gasteiger partial charge in [0.15, 0.2) is 5.82 Å². The zero-order chi connectivity index (χ0) is 36.6. The Kier molecular flexibility index (Phi) is 8.08. The van der Waals surface area contributed by atoms with Gasteiger partial charge in [-0.1, -0.05) is 115 Å². The number of para-hydroxylation sites is 2. The fourth-order valence-corrected chi connectivity index (χ4v) is 7.49. The van der Waals surface area contributed by atoms with Gasteiger partial charge in [0.1, 0.15) is 0 Å². The molecule has 4 heterocycles. The first-order valence-electron chi connectivity index (χ1n) is 18.4. The lowest BCUT2D eigenvalue weighted by atomic mass is 9.95. The first-order valence-corrected chi connectivity index (χ1v) is 18.4. The molecule has 10 rings (SSSR count). The molecule has 0 amide bonds. The van der Waals surface area contributed by atoms with Gasteiger partial charge in [0.2, 0.25) is 0 Å². The van der Waals surface area contributed by atoms with Gasteiger partial charge in [-0.3, -0.25) is 9.97 Å². The monoisotopic (exact) mass is 703 g/mol. The number of rotatable bonds is 7. The molecule has 0 radical (unpaired) electrons. The fourth-order valence-electron chi connectivity index (χ4n) is 7.49. The molecule has 55 heavy (non-hydrogen) atoms. The summed E-state index contributed by atoms with van der Waals surface area (Å²) in [5, 5.41) is 2.48. The Morgan fingerprint density at radius 1 is 0.309 bits per heavy atom. The van der Waals surface area contributed by atoms with E-state index in [9.17, 15) is 0 Å². The van der Waals surface area contributed by atoms with Gasteiger partial charge in [-0.15, -0.1) is 0 Å². The summed E-state index contributed by atoms with van der Waals surface area (Å²) in [6, 6.07) is 62.3. The van der Waals surface area contributed by atoms with E-state index < -0.39 is 0 Å². The van der Waals surface area contributed by atoms with Crippen LogP contribution in [-0.4, -0.2) is 24.5 Å². The van der Waals surface area contributed by atoms with Crippen molar-refractivity contribution in [3.8, 4) is 73.0 Å². The van der Waals surface area contributed by atoms with E-state index in [0.717, 1.165) is 56.0 Å². The second kappa shape index (κ2) is 13.8. The summed E-state index contributed by atoms with van der Waals surface area (Å²) in [4.78, 5) is 18.4. The molecule has 0 bridgehead atoms.